The van der Waals surface area contributed by atoms with Gasteiger partial charge in [0.1, 0.15) is 0 Å². The van der Waals surface area contributed by atoms with Crippen LogP contribution in [0.25, 0.3) is 0 Å². The first-order valence-corrected chi connectivity index (χ1v) is 8.97. The van der Waals surface area contributed by atoms with Gasteiger partial charge in [0.05, 0.1) is 16.2 Å². The third kappa shape index (κ3) is 4.21. The van der Waals surface area contributed by atoms with Crippen LogP contribution in [0.2, 0.25) is 0 Å². The van der Waals surface area contributed by atoms with Crippen molar-refractivity contribution < 1.29 is 13.2 Å². The molecule has 1 amide bonds. The van der Waals surface area contributed by atoms with Gasteiger partial charge in [-0.05, 0) is 38.4 Å². The molecule has 5 nitrogen and oxygen atoms in total. The van der Waals surface area contributed by atoms with Crippen LogP contribution in [0.5, 0.6) is 0 Å². The lowest BCUT2D eigenvalue weighted by Crippen LogP contribution is -2.52. The van der Waals surface area contributed by atoms with Crippen LogP contribution < -0.4 is 10.6 Å². The second-order valence-electron chi connectivity index (χ2n) is 5.36. The van der Waals surface area contributed by atoms with E-state index in [0.717, 1.165) is 19.4 Å². The van der Waals surface area contributed by atoms with Gasteiger partial charge in [0, 0.05) is 12.1 Å². The van der Waals surface area contributed by atoms with E-state index in [9.17, 15) is 13.2 Å². The van der Waals surface area contributed by atoms with E-state index in [0.29, 0.717) is 0 Å². The van der Waals surface area contributed by atoms with Crippen LogP contribution >= 0.6 is 12.4 Å². The molecule has 1 aromatic carbocycles. The lowest BCUT2D eigenvalue weighted by Gasteiger charge is -2.30. The van der Waals surface area contributed by atoms with Gasteiger partial charge in [-0.2, -0.15) is 0 Å². The highest BCUT2D eigenvalue weighted by Crippen LogP contribution is 2.18. The normalized spacial score (nSPS) is 21.7. The molecule has 0 aromatic heterocycles. The van der Waals surface area contributed by atoms with Gasteiger partial charge in [-0.3, -0.25) is 4.79 Å². The minimum Gasteiger partial charge on any atom is -0.348 e. The average Bonchev–Trinajstić information content (AvgIpc) is 2.49. The Kier molecular flexibility index (Phi) is 6.84. The van der Waals surface area contributed by atoms with Crippen molar-refractivity contribution in [2.24, 2.45) is 0 Å². The molecule has 0 saturated carbocycles. The third-order valence-electron chi connectivity index (χ3n) is 3.93. The number of rotatable bonds is 4. The Balaban J connectivity index is 0.00000242. The quantitative estimate of drug-likeness (QED) is 0.871. The van der Waals surface area contributed by atoms with Gasteiger partial charge < -0.3 is 10.6 Å². The van der Waals surface area contributed by atoms with Crippen LogP contribution in [-0.2, 0) is 9.84 Å². The fourth-order valence-electron chi connectivity index (χ4n) is 2.57. The number of sulfone groups is 1. The van der Waals surface area contributed by atoms with E-state index < -0.39 is 9.84 Å². The first kappa shape index (κ1) is 18.9. The molecular weight excluding hydrogens is 324 g/mol. The molecule has 124 valence electrons. The fraction of sp³-hybridized carbons (Fsp3) is 0.533. The molecule has 1 aliphatic heterocycles. The van der Waals surface area contributed by atoms with Crippen molar-refractivity contribution in [2.45, 2.75) is 43.7 Å². The average molecular weight is 347 g/mol. The molecule has 2 N–H and O–H groups in total. The van der Waals surface area contributed by atoms with E-state index in [-0.39, 0.29) is 46.6 Å². The molecule has 22 heavy (non-hydrogen) atoms. The summed E-state index contributed by atoms with van der Waals surface area (Å²) < 4.78 is 24.2. The zero-order valence-electron chi connectivity index (χ0n) is 12.8. The van der Waals surface area contributed by atoms with Crippen molar-refractivity contribution >= 4 is 28.2 Å². The molecule has 0 bridgehead atoms. The fourth-order valence-corrected chi connectivity index (χ4v) is 3.66. The summed E-state index contributed by atoms with van der Waals surface area (Å²) >= 11 is 0. The van der Waals surface area contributed by atoms with Gasteiger partial charge in [0.25, 0.3) is 5.91 Å². The van der Waals surface area contributed by atoms with Gasteiger partial charge >= 0.3 is 0 Å². The van der Waals surface area contributed by atoms with Gasteiger partial charge in [-0.15, -0.1) is 12.4 Å². The predicted molar refractivity (Wildman–Crippen MR) is 89.4 cm³/mol. The number of hydrogen-bond acceptors (Lipinski definition) is 4. The second-order valence-corrected chi connectivity index (χ2v) is 7.61. The molecule has 7 heteroatoms. The number of amides is 1. The highest BCUT2D eigenvalue weighted by Gasteiger charge is 2.26. The van der Waals surface area contributed by atoms with Gasteiger partial charge in [0.15, 0.2) is 9.84 Å². The highest BCUT2D eigenvalue weighted by molar-refractivity contribution is 7.91. The molecule has 0 aliphatic carbocycles. The number of hydrogen-bond donors (Lipinski definition) is 2. The molecular formula is C15H23ClN2O3S. The van der Waals surface area contributed by atoms with Crippen LogP contribution in [0.4, 0.5) is 0 Å². The summed E-state index contributed by atoms with van der Waals surface area (Å²) in [4.78, 5) is 12.6. The smallest absolute Gasteiger partial charge is 0.252 e. The zero-order chi connectivity index (χ0) is 15.5. The van der Waals surface area contributed by atoms with Crippen molar-refractivity contribution in [1.82, 2.24) is 10.6 Å². The SMILES string of the molecule is CCS(=O)(=O)c1ccccc1C(=O)NC1CCCNC1C.Cl. The molecule has 2 rings (SSSR count). The number of carbonyl (C=O) groups excluding carboxylic acids is 1. The van der Waals surface area contributed by atoms with Gasteiger partial charge in [-0.25, -0.2) is 8.42 Å². The summed E-state index contributed by atoms with van der Waals surface area (Å²) in [5, 5.41) is 6.27. The maximum Gasteiger partial charge on any atom is 0.252 e. The van der Waals surface area contributed by atoms with E-state index in [2.05, 4.69) is 10.6 Å². The molecule has 1 aliphatic rings. The van der Waals surface area contributed by atoms with E-state index in [4.69, 9.17) is 0 Å². The molecule has 1 heterocycles. The zero-order valence-corrected chi connectivity index (χ0v) is 14.5. The van der Waals surface area contributed by atoms with E-state index in [1.54, 1.807) is 25.1 Å². The van der Waals surface area contributed by atoms with Gasteiger partial charge in [-0.1, -0.05) is 19.1 Å². The molecule has 0 spiro atoms. The third-order valence-corrected chi connectivity index (χ3v) is 5.71. The highest BCUT2D eigenvalue weighted by atomic mass is 35.5. The van der Waals surface area contributed by atoms with E-state index in [1.165, 1.54) is 6.07 Å². The molecule has 2 unspecified atom stereocenters. The van der Waals surface area contributed by atoms with Crippen LogP contribution in [-0.4, -0.2) is 38.7 Å². The molecule has 1 aromatic rings. The largest absolute Gasteiger partial charge is 0.348 e. The van der Waals surface area contributed by atoms with Crippen molar-refractivity contribution in [3.8, 4) is 0 Å². The summed E-state index contributed by atoms with van der Waals surface area (Å²) in [6.07, 6.45) is 1.91. The lowest BCUT2D eigenvalue weighted by atomic mass is 9.99. The van der Waals surface area contributed by atoms with Crippen LogP contribution in [0.3, 0.4) is 0 Å². The maximum absolute atomic E-state index is 12.4. The van der Waals surface area contributed by atoms with E-state index >= 15 is 0 Å². The number of halogens is 1. The van der Waals surface area contributed by atoms with Crippen molar-refractivity contribution in [1.29, 1.82) is 0 Å². The summed E-state index contributed by atoms with van der Waals surface area (Å²) in [5.41, 5.74) is 0.233. The molecule has 0 radical (unpaired) electrons. The topological polar surface area (TPSA) is 75.3 Å². The van der Waals surface area contributed by atoms with Crippen LogP contribution in [0, 0.1) is 0 Å². The van der Waals surface area contributed by atoms with Crippen LogP contribution in [0.15, 0.2) is 29.2 Å². The minimum absolute atomic E-state index is 0. The maximum atomic E-state index is 12.4. The number of benzene rings is 1. The summed E-state index contributed by atoms with van der Waals surface area (Å²) in [6, 6.07) is 6.62. The van der Waals surface area contributed by atoms with Gasteiger partial charge in [0.2, 0.25) is 0 Å². The Bertz CT molecular complexity index is 619. The predicted octanol–water partition coefficient (Wildman–Crippen LogP) is 1.77. The minimum atomic E-state index is -3.40. The summed E-state index contributed by atoms with van der Waals surface area (Å²) in [5.74, 6) is -0.332. The van der Waals surface area contributed by atoms with Crippen LogP contribution in [0.1, 0.15) is 37.0 Å². The molecule has 1 fully saturated rings. The van der Waals surface area contributed by atoms with E-state index in [1.807, 2.05) is 6.92 Å². The monoisotopic (exact) mass is 346 g/mol. The summed E-state index contributed by atoms with van der Waals surface area (Å²) in [6.45, 7) is 4.56. The number of nitrogens with one attached hydrogen (secondary N) is 2. The van der Waals surface area contributed by atoms with Crippen molar-refractivity contribution in [3.05, 3.63) is 29.8 Å². The Morgan fingerprint density at radius 2 is 2.05 bits per heavy atom. The second kappa shape index (κ2) is 7.94. The number of carbonyl (C=O) groups is 1. The Morgan fingerprint density at radius 3 is 2.68 bits per heavy atom. The first-order valence-electron chi connectivity index (χ1n) is 7.31. The molecule has 2 atom stereocenters. The Hall–Kier alpha value is -1.11. The Labute approximate surface area is 138 Å². The first-order chi connectivity index (χ1) is 9.95. The molecule has 1 saturated heterocycles. The Morgan fingerprint density at radius 1 is 1.36 bits per heavy atom. The summed E-state index contributed by atoms with van der Waals surface area (Å²) in [7, 11) is -3.40. The van der Waals surface area contributed by atoms with Crippen molar-refractivity contribution in [3.63, 3.8) is 0 Å². The lowest BCUT2D eigenvalue weighted by molar-refractivity contribution is 0.0916. The standard InChI is InChI=1S/C15H22N2O3S.ClH/c1-3-21(19,20)14-9-5-4-7-12(14)15(18)17-13-8-6-10-16-11(13)2;/h4-5,7,9,11,13,16H,3,6,8,10H2,1-2H3,(H,17,18);1H. The van der Waals surface area contributed by atoms with Crippen molar-refractivity contribution in [2.75, 3.05) is 12.3 Å². The number of piperidine rings is 1.